The van der Waals surface area contributed by atoms with E-state index in [2.05, 4.69) is 0 Å². The highest BCUT2D eigenvalue weighted by atomic mass is 16.7. The SMILES string of the molecule is CCCC(=O)CCCCC1OCCO1. The number of unbranched alkanes of at least 4 members (excludes halogenated alkanes) is 1. The number of carbonyl (C=O) groups is 1. The zero-order chi connectivity index (χ0) is 10.2. The van der Waals surface area contributed by atoms with Gasteiger partial charge in [-0.3, -0.25) is 4.79 Å². The monoisotopic (exact) mass is 200 g/mol. The Hall–Kier alpha value is -0.410. The summed E-state index contributed by atoms with van der Waals surface area (Å²) in [4.78, 5) is 11.2. The van der Waals surface area contributed by atoms with Crippen molar-refractivity contribution in [1.82, 2.24) is 0 Å². The van der Waals surface area contributed by atoms with Crippen molar-refractivity contribution < 1.29 is 14.3 Å². The second-order valence-electron chi connectivity index (χ2n) is 3.71. The molecule has 0 saturated carbocycles. The molecule has 0 aromatic carbocycles. The molecule has 0 bridgehead atoms. The van der Waals surface area contributed by atoms with Gasteiger partial charge >= 0.3 is 0 Å². The van der Waals surface area contributed by atoms with Crippen molar-refractivity contribution in [1.29, 1.82) is 0 Å². The highest BCUT2D eigenvalue weighted by Crippen LogP contribution is 2.13. The molecule has 1 heterocycles. The van der Waals surface area contributed by atoms with E-state index >= 15 is 0 Å². The third kappa shape index (κ3) is 4.72. The average molecular weight is 200 g/mol. The van der Waals surface area contributed by atoms with E-state index in [0.717, 1.165) is 51.7 Å². The molecule has 14 heavy (non-hydrogen) atoms. The van der Waals surface area contributed by atoms with Crippen LogP contribution in [-0.2, 0) is 14.3 Å². The van der Waals surface area contributed by atoms with E-state index in [-0.39, 0.29) is 6.29 Å². The first-order valence-electron chi connectivity index (χ1n) is 5.58. The van der Waals surface area contributed by atoms with Crippen LogP contribution in [-0.4, -0.2) is 25.3 Å². The molecule has 0 radical (unpaired) electrons. The maximum absolute atomic E-state index is 11.2. The van der Waals surface area contributed by atoms with Crippen LogP contribution < -0.4 is 0 Å². The summed E-state index contributed by atoms with van der Waals surface area (Å²) < 4.78 is 10.6. The van der Waals surface area contributed by atoms with E-state index in [1.54, 1.807) is 0 Å². The highest BCUT2D eigenvalue weighted by molar-refractivity contribution is 5.78. The van der Waals surface area contributed by atoms with Crippen molar-refractivity contribution in [2.75, 3.05) is 13.2 Å². The van der Waals surface area contributed by atoms with Crippen molar-refractivity contribution >= 4 is 5.78 Å². The molecule has 3 heteroatoms. The number of ether oxygens (including phenoxy) is 2. The van der Waals surface area contributed by atoms with E-state index in [9.17, 15) is 4.79 Å². The lowest BCUT2D eigenvalue weighted by Crippen LogP contribution is -2.07. The number of carbonyl (C=O) groups excluding carboxylic acids is 1. The fourth-order valence-electron chi connectivity index (χ4n) is 1.61. The van der Waals surface area contributed by atoms with Gasteiger partial charge in [0.05, 0.1) is 13.2 Å². The van der Waals surface area contributed by atoms with Crippen LogP contribution >= 0.6 is 0 Å². The summed E-state index contributed by atoms with van der Waals surface area (Å²) in [6.07, 6.45) is 5.35. The van der Waals surface area contributed by atoms with Gasteiger partial charge in [-0.2, -0.15) is 0 Å². The van der Waals surface area contributed by atoms with Crippen molar-refractivity contribution in [3.05, 3.63) is 0 Å². The van der Waals surface area contributed by atoms with Gasteiger partial charge in [-0.15, -0.1) is 0 Å². The van der Waals surface area contributed by atoms with E-state index < -0.39 is 0 Å². The lowest BCUT2D eigenvalue weighted by Gasteiger charge is -2.07. The average Bonchev–Trinajstić information content (AvgIpc) is 2.65. The first-order chi connectivity index (χ1) is 6.83. The first-order valence-corrected chi connectivity index (χ1v) is 5.58. The first kappa shape index (κ1) is 11.7. The maximum Gasteiger partial charge on any atom is 0.157 e. The Balaban J connectivity index is 1.90. The number of hydrogen-bond acceptors (Lipinski definition) is 3. The fraction of sp³-hybridized carbons (Fsp3) is 0.909. The van der Waals surface area contributed by atoms with Crippen LogP contribution in [0.4, 0.5) is 0 Å². The normalized spacial score (nSPS) is 17.5. The van der Waals surface area contributed by atoms with Gasteiger partial charge in [0.25, 0.3) is 0 Å². The lowest BCUT2D eigenvalue weighted by molar-refractivity contribution is -0.119. The van der Waals surface area contributed by atoms with Crippen molar-refractivity contribution in [3.8, 4) is 0 Å². The molecule has 1 rings (SSSR count). The maximum atomic E-state index is 11.2. The minimum atomic E-state index is -0.00345. The molecule has 1 aliphatic rings. The highest BCUT2D eigenvalue weighted by Gasteiger charge is 2.14. The number of ketones is 1. The molecule has 0 spiro atoms. The molecule has 3 nitrogen and oxygen atoms in total. The van der Waals surface area contributed by atoms with Crippen molar-refractivity contribution in [3.63, 3.8) is 0 Å². The Morgan fingerprint density at radius 1 is 1.21 bits per heavy atom. The third-order valence-corrected chi connectivity index (χ3v) is 2.37. The lowest BCUT2D eigenvalue weighted by atomic mass is 10.1. The van der Waals surface area contributed by atoms with Gasteiger partial charge < -0.3 is 9.47 Å². The van der Waals surface area contributed by atoms with Crippen LogP contribution in [0.25, 0.3) is 0 Å². The Morgan fingerprint density at radius 3 is 2.57 bits per heavy atom. The van der Waals surface area contributed by atoms with Gasteiger partial charge in [0.2, 0.25) is 0 Å². The molecule has 0 amide bonds. The summed E-state index contributed by atoms with van der Waals surface area (Å²) in [6, 6.07) is 0. The van der Waals surface area contributed by atoms with Crippen molar-refractivity contribution in [2.45, 2.75) is 51.7 Å². The predicted molar refractivity (Wildman–Crippen MR) is 54.1 cm³/mol. The molecule has 82 valence electrons. The molecule has 1 fully saturated rings. The summed E-state index contributed by atoms with van der Waals surface area (Å²) in [5.74, 6) is 0.390. The zero-order valence-electron chi connectivity index (χ0n) is 8.96. The van der Waals surface area contributed by atoms with Crippen molar-refractivity contribution in [2.24, 2.45) is 0 Å². The minimum Gasteiger partial charge on any atom is -0.350 e. The summed E-state index contributed by atoms with van der Waals surface area (Å²) in [5, 5.41) is 0. The standard InChI is InChI=1S/C11H20O3/c1-2-5-10(12)6-3-4-7-11-13-8-9-14-11/h11H,2-9H2,1H3. The van der Waals surface area contributed by atoms with Gasteiger partial charge in [0.1, 0.15) is 5.78 Å². The fourth-order valence-corrected chi connectivity index (χ4v) is 1.61. The Labute approximate surface area is 85.8 Å². The Bertz CT molecular complexity index is 162. The third-order valence-electron chi connectivity index (χ3n) is 2.37. The molecule has 0 aromatic rings. The van der Waals surface area contributed by atoms with Gasteiger partial charge in [-0.1, -0.05) is 6.92 Å². The molecular formula is C11H20O3. The number of rotatable bonds is 7. The van der Waals surface area contributed by atoms with E-state index in [0.29, 0.717) is 5.78 Å². The van der Waals surface area contributed by atoms with Gasteiger partial charge in [0.15, 0.2) is 6.29 Å². The molecule has 0 aliphatic carbocycles. The summed E-state index contributed by atoms with van der Waals surface area (Å²) >= 11 is 0. The molecule has 0 atom stereocenters. The Kier molecular flexibility index (Phi) is 5.80. The summed E-state index contributed by atoms with van der Waals surface area (Å²) in [7, 11) is 0. The zero-order valence-corrected chi connectivity index (χ0v) is 8.96. The quantitative estimate of drug-likeness (QED) is 0.591. The van der Waals surface area contributed by atoms with Gasteiger partial charge in [0, 0.05) is 12.8 Å². The van der Waals surface area contributed by atoms with Crippen LogP contribution in [0, 0.1) is 0 Å². The number of hydrogen-bond donors (Lipinski definition) is 0. The molecule has 0 N–H and O–H groups in total. The minimum absolute atomic E-state index is 0.00345. The summed E-state index contributed by atoms with van der Waals surface area (Å²) in [6.45, 7) is 3.48. The van der Waals surface area contributed by atoms with Crippen LogP contribution in [0.5, 0.6) is 0 Å². The topological polar surface area (TPSA) is 35.5 Å². The Morgan fingerprint density at radius 2 is 1.93 bits per heavy atom. The number of Topliss-reactive ketones (excluding diaryl/α,β-unsaturated/α-hetero) is 1. The smallest absolute Gasteiger partial charge is 0.157 e. The van der Waals surface area contributed by atoms with E-state index in [1.807, 2.05) is 6.92 Å². The van der Waals surface area contributed by atoms with Gasteiger partial charge in [-0.25, -0.2) is 0 Å². The largest absolute Gasteiger partial charge is 0.350 e. The molecule has 0 aromatic heterocycles. The van der Waals surface area contributed by atoms with E-state index in [1.165, 1.54) is 0 Å². The van der Waals surface area contributed by atoms with E-state index in [4.69, 9.17) is 9.47 Å². The molecule has 1 aliphatic heterocycles. The second kappa shape index (κ2) is 6.96. The molecule has 0 unspecified atom stereocenters. The predicted octanol–water partition coefficient (Wildman–Crippen LogP) is 2.29. The molecule has 1 saturated heterocycles. The second-order valence-corrected chi connectivity index (χ2v) is 3.71. The van der Waals surface area contributed by atoms with Crippen LogP contribution in [0.1, 0.15) is 45.4 Å². The van der Waals surface area contributed by atoms with Gasteiger partial charge in [-0.05, 0) is 25.7 Å². The molecular weight excluding hydrogens is 180 g/mol. The van der Waals surface area contributed by atoms with Crippen LogP contribution in [0.15, 0.2) is 0 Å². The van der Waals surface area contributed by atoms with Crippen LogP contribution in [0.3, 0.4) is 0 Å². The summed E-state index contributed by atoms with van der Waals surface area (Å²) in [5.41, 5.74) is 0. The van der Waals surface area contributed by atoms with Crippen LogP contribution in [0.2, 0.25) is 0 Å².